The number of rotatable bonds is 3. The molecule has 0 aliphatic carbocycles. The Hall–Kier alpha value is -3.90. The number of aromatic nitrogens is 5. The molecule has 0 unspecified atom stereocenters. The third-order valence-corrected chi connectivity index (χ3v) is 6.40. The summed E-state index contributed by atoms with van der Waals surface area (Å²) in [5, 5.41) is 7.89. The second-order valence-corrected chi connectivity index (χ2v) is 8.70. The Labute approximate surface area is 199 Å². The van der Waals surface area contributed by atoms with Gasteiger partial charge in [0, 0.05) is 6.54 Å². The number of hydrogen-bond donors (Lipinski definition) is 1. The van der Waals surface area contributed by atoms with Crippen LogP contribution in [0.3, 0.4) is 0 Å². The lowest BCUT2D eigenvalue weighted by Crippen LogP contribution is -2.44. The van der Waals surface area contributed by atoms with Gasteiger partial charge in [0.05, 0.1) is 51.3 Å². The Morgan fingerprint density at radius 3 is 2.28 bits per heavy atom. The van der Waals surface area contributed by atoms with Gasteiger partial charge in [-0.3, -0.25) is 4.79 Å². The molecule has 5 rings (SSSR count). The molecule has 2 aromatic carbocycles. The lowest BCUT2D eigenvalue weighted by molar-refractivity contribution is -0.138. The fraction of sp³-hybridized carbons (Fsp3) is 0.304. The fourth-order valence-electron chi connectivity index (χ4n) is 4.52. The minimum atomic E-state index is -4.69. The summed E-state index contributed by atoms with van der Waals surface area (Å²) >= 11 is 0. The number of nitrogens with one attached hydrogen (secondary N) is 1. The van der Waals surface area contributed by atoms with E-state index in [1.54, 1.807) is 6.92 Å². The second-order valence-electron chi connectivity index (χ2n) is 8.70. The molecule has 36 heavy (non-hydrogen) atoms. The Morgan fingerprint density at radius 2 is 1.61 bits per heavy atom. The van der Waals surface area contributed by atoms with Crippen LogP contribution in [0.1, 0.15) is 47.1 Å². The summed E-state index contributed by atoms with van der Waals surface area (Å²) in [5.74, 6) is -0.460. The molecule has 1 amide bonds. The van der Waals surface area contributed by atoms with Crippen molar-refractivity contribution >= 4 is 16.9 Å². The summed E-state index contributed by atoms with van der Waals surface area (Å²) in [4.78, 5) is 23.5. The second kappa shape index (κ2) is 8.07. The molecule has 1 fully saturated rings. The van der Waals surface area contributed by atoms with Crippen LogP contribution in [0.4, 0.5) is 26.3 Å². The maximum Gasteiger partial charge on any atom is 0.416 e. The first kappa shape index (κ1) is 23.8. The summed E-state index contributed by atoms with van der Waals surface area (Å²) in [6.07, 6.45) is -5.66. The zero-order valence-electron chi connectivity index (χ0n) is 18.7. The number of amides is 1. The minimum absolute atomic E-state index is 0.0617. The summed E-state index contributed by atoms with van der Waals surface area (Å²) in [6, 6.07) is 5.82. The van der Waals surface area contributed by atoms with Crippen LogP contribution in [0.2, 0.25) is 0 Å². The van der Waals surface area contributed by atoms with Gasteiger partial charge >= 0.3 is 12.4 Å². The van der Waals surface area contributed by atoms with E-state index >= 15 is 0 Å². The van der Waals surface area contributed by atoms with Crippen LogP contribution in [0.25, 0.3) is 16.7 Å². The van der Waals surface area contributed by atoms with Crippen LogP contribution in [0.15, 0.2) is 48.8 Å². The molecule has 0 saturated carbocycles. The van der Waals surface area contributed by atoms with Gasteiger partial charge in [-0.05, 0) is 56.2 Å². The molecule has 1 aliphatic heterocycles. The van der Waals surface area contributed by atoms with Crippen molar-refractivity contribution in [3.05, 3.63) is 71.3 Å². The van der Waals surface area contributed by atoms with Crippen molar-refractivity contribution in [2.24, 2.45) is 0 Å². The SMILES string of the molecule is C[C@@]1(c2nc3cc(C(F)(F)F)ccc3[nH]2)CCCN1C(=O)c1cc(C(F)(F)F)ccc1-n1nccn1. The van der Waals surface area contributed by atoms with Crippen LogP contribution >= 0.6 is 0 Å². The number of halogens is 6. The van der Waals surface area contributed by atoms with E-state index in [9.17, 15) is 31.1 Å². The molecule has 0 spiro atoms. The van der Waals surface area contributed by atoms with E-state index < -0.39 is 34.9 Å². The summed E-state index contributed by atoms with van der Waals surface area (Å²) in [7, 11) is 0. The molecule has 0 radical (unpaired) electrons. The third kappa shape index (κ3) is 3.97. The maximum atomic E-state index is 13.7. The van der Waals surface area contributed by atoms with E-state index in [4.69, 9.17) is 0 Å². The highest BCUT2D eigenvalue weighted by Gasteiger charge is 2.45. The Kier molecular flexibility index (Phi) is 5.34. The predicted molar refractivity (Wildman–Crippen MR) is 115 cm³/mol. The van der Waals surface area contributed by atoms with E-state index in [0.717, 1.165) is 35.1 Å². The molecule has 3 heterocycles. The number of hydrogen-bond acceptors (Lipinski definition) is 4. The fourth-order valence-corrected chi connectivity index (χ4v) is 4.52. The topological polar surface area (TPSA) is 79.7 Å². The molecule has 2 aromatic heterocycles. The first-order chi connectivity index (χ1) is 16.9. The van der Waals surface area contributed by atoms with Gasteiger partial charge in [0.2, 0.25) is 0 Å². The number of nitrogens with zero attached hydrogens (tertiary/aromatic N) is 5. The molecular formula is C23H18F6N6O. The van der Waals surface area contributed by atoms with E-state index in [-0.39, 0.29) is 29.1 Å². The molecule has 188 valence electrons. The quantitative estimate of drug-likeness (QED) is 0.380. The summed E-state index contributed by atoms with van der Waals surface area (Å²) in [6.45, 7) is 1.89. The van der Waals surface area contributed by atoms with Crippen LogP contribution in [-0.4, -0.2) is 42.3 Å². The van der Waals surface area contributed by atoms with Gasteiger partial charge in [-0.2, -0.15) is 41.3 Å². The van der Waals surface area contributed by atoms with Gasteiger partial charge in [-0.15, -0.1) is 0 Å². The highest BCUT2D eigenvalue weighted by Crippen LogP contribution is 2.41. The van der Waals surface area contributed by atoms with Crippen molar-refractivity contribution in [1.29, 1.82) is 0 Å². The Bertz CT molecular complexity index is 1440. The first-order valence-electron chi connectivity index (χ1n) is 10.9. The first-order valence-corrected chi connectivity index (χ1v) is 10.9. The molecule has 1 aliphatic rings. The van der Waals surface area contributed by atoms with Gasteiger partial charge < -0.3 is 9.88 Å². The minimum Gasteiger partial charge on any atom is -0.340 e. The van der Waals surface area contributed by atoms with Crippen LogP contribution in [-0.2, 0) is 17.9 Å². The Morgan fingerprint density at radius 1 is 0.972 bits per heavy atom. The lowest BCUT2D eigenvalue weighted by Gasteiger charge is -2.34. The van der Waals surface area contributed by atoms with Crippen molar-refractivity contribution in [3.8, 4) is 5.69 Å². The molecule has 1 saturated heterocycles. The molecule has 7 nitrogen and oxygen atoms in total. The summed E-state index contributed by atoms with van der Waals surface area (Å²) in [5.41, 5.74) is -2.75. The van der Waals surface area contributed by atoms with Crippen LogP contribution < -0.4 is 0 Å². The van der Waals surface area contributed by atoms with Gasteiger partial charge in [0.1, 0.15) is 5.82 Å². The normalized spacial score (nSPS) is 18.8. The van der Waals surface area contributed by atoms with E-state index in [1.165, 1.54) is 23.4 Å². The van der Waals surface area contributed by atoms with E-state index in [1.807, 2.05) is 0 Å². The number of imidazole rings is 1. The van der Waals surface area contributed by atoms with Crippen molar-refractivity contribution in [2.45, 2.75) is 37.7 Å². The molecule has 4 aromatic rings. The largest absolute Gasteiger partial charge is 0.416 e. The smallest absolute Gasteiger partial charge is 0.340 e. The van der Waals surface area contributed by atoms with Crippen molar-refractivity contribution in [2.75, 3.05) is 6.54 Å². The number of fused-ring (bicyclic) bond motifs is 1. The summed E-state index contributed by atoms with van der Waals surface area (Å²) < 4.78 is 79.9. The number of carbonyl (C=O) groups is 1. The highest BCUT2D eigenvalue weighted by molar-refractivity contribution is 5.98. The average molecular weight is 508 g/mol. The van der Waals surface area contributed by atoms with E-state index in [2.05, 4.69) is 20.2 Å². The number of likely N-dealkylation sites (tertiary alicyclic amines) is 1. The average Bonchev–Trinajstić information content (AvgIpc) is 3.56. The van der Waals surface area contributed by atoms with Gasteiger partial charge in [0.15, 0.2) is 0 Å². The maximum absolute atomic E-state index is 13.7. The monoisotopic (exact) mass is 508 g/mol. The van der Waals surface area contributed by atoms with Crippen molar-refractivity contribution < 1.29 is 31.1 Å². The van der Waals surface area contributed by atoms with E-state index in [0.29, 0.717) is 18.4 Å². The van der Waals surface area contributed by atoms with Gasteiger partial charge in [-0.1, -0.05) is 0 Å². The third-order valence-electron chi connectivity index (χ3n) is 6.40. The molecule has 1 N–H and O–H groups in total. The highest BCUT2D eigenvalue weighted by atomic mass is 19.4. The van der Waals surface area contributed by atoms with Crippen LogP contribution in [0, 0.1) is 0 Å². The number of carbonyl (C=O) groups excluding carboxylic acids is 1. The molecule has 13 heteroatoms. The van der Waals surface area contributed by atoms with Gasteiger partial charge in [-0.25, -0.2) is 4.98 Å². The van der Waals surface area contributed by atoms with Crippen molar-refractivity contribution in [1.82, 2.24) is 29.9 Å². The number of alkyl halides is 6. The molecule has 1 atom stereocenters. The van der Waals surface area contributed by atoms with Crippen molar-refractivity contribution in [3.63, 3.8) is 0 Å². The Balaban J connectivity index is 1.58. The zero-order chi connectivity index (χ0) is 25.9. The number of aromatic amines is 1. The van der Waals surface area contributed by atoms with Crippen LogP contribution in [0.5, 0.6) is 0 Å². The number of H-pyrrole nitrogens is 1. The predicted octanol–water partition coefficient (Wildman–Crippen LogP) is 5.33. The molecule has 0 bridgehead atoms. The zero-order valence-corrected chi connectivity index (χ0v) is 18.7. The molecular weight excluding hydrogens is 490 g/mol. The van der Waals surface area contributed by atoms with Gasteiger partial charge in [0.25, 0.3) is 5.91 Å². The number of benzene rings is 2. The standard InChI is InChI=1S/C23H18F6N6O/c1-21(20-32-16-5-3-14(23(27,28)29)12-17(16)33-20)7-2-10-34(21)19(36)15-11-13(22(24,25)26)4-6-18(15)35-30-8-9-31-35/h3-6,8-9,11-12H,2,7,10H2,1H3,(H,32,33)/t21-/m0/s1. The lowest BCUT2D eigenvalue weighted by atomic mass is 9.96.